The number of ether oxygens (including phenoxy) is 1. The van der Waals surface area contributed by atoms with Crippen molar-refractivity contribution in [2.75, 3.05) is 37.7 Å². The Kier molecular flexibility index (Phi) is 17.2. The molecule has 4 heteroatoms. The molecule has 1 saturated heterocycles. The van der Waals surface area contributed by atoms with Crippen LogP contribution in [-0.2, 0) is 11.2 Å². The molecule has 3 unspecified atom stereocenters. The van der Waals surface area contributed by atoms with E-state index >= 15 is 0 Å². The summed E-state index contributed by atoms with van der Waals surface area (Å²) < 4.78 is 5.93. The van der Waals surface area contributed by atoms with Crippen molar-refractivity contribution in [2.45, 2.75) is 92.0 Å². The van der Waals surface area contributed by atoms with E-state index in [-0.39, 0.29) is 11.9 Å². The minimum Gasteiger partial charge on any atom is -0.376 e. The van der Waals surface area contributed by atoms with E-state index in [9.17, 15) is 4.79 Å². The summed E-state index contributed by atoms with van der Waals surface area (Å²) in [6.45, 7) is 19.0. The third-order valence-electron chi connectivity index (χ3n) is 7.89. The number of carbonyl (C=O) groups is 1. The van der Waals surface area contributed by atoms with Crippen LogP contribution >= 0.6 is 0 Å². The molecule has 1 heterocycles. The molecule has 1 aromatic carbocycles. The van der Waals surface area contributed by atoms with Crippen molar-refractivity contribution in [1.82, 2.24) is 4.90 Å². The molecule has 1 fully saturated rings. The highest BCUT2D eigenvalue weighted by Gasteiger charge is 2.25. The van der Waals surface area contributed by atoms with Crippen LogP contribution < -0.4 is 4.90 Å². The van der Waals surface area contributed by atoms with E-state index in [2.05, 4.69) is 70.2 Å². The lowest BCUT2D eigenvalue weighted by Crippen LogP contribution is -2.40. The molecule has 0 bridgehead atoms. The maximum absolute atomic E-state index is 13.5. The van der Waals surface area contributed by atoms with Gasteiger partial charge in [0.15, 0.2) is 0 Å². The van der Waals surface area contributed by atoms with E-state index in [1.54, 1.807) is 0 Å². The quantitative estimate of drug-likeness (QED) is 0.126. The first-order chi connectivity index (χ1) is 18.5. The summed E-state index contributed by atoms with van der Waals surface area (Å²) in [6.07, 6.45) is 23.5. The lowest BCUT2D eigenvalue weighted by atomic mass is 9.89. The second-order valence-electron chi connectivity index (χ2n) is 10.5. The number of carbonyl (C=O) groups excluding carboxylic acids is 1. The summed E-state index contributed by atoms with van der Waals surface area (Å²) in [5.41, 5.74) is 3.36. The molecule has 0 radical (unpaired) electrons. The van der Waals surface area contributed by atoms with Gasteiger partial charge < -0.3 is 14.5 Å². The number of amides is 1. The predicted octanol–water partition coefficient (Wildman–Crippen LogP) is 7.93. The van der Waals surface area contributed by atoms with Gasteiger partial charge in [-0.1, -0.05) is 70.7 Å². The Labute approximate surface area is 234 Å². The van der Waals surface area contributed by atoms with Crippen LogP contribution in [0.5, 0.6) is 0 Å². The molecule has 4 nitrogen and oxygen atoms in total. The zero-order chi connectivity index (χ0) is 28.3. The molecule has 0 aromatic heterocycles. The number of piperidine rings is 1. The fraction of sp³-hybridized carbons (Fsp3) is 0.618. The Balaban J connectivity index is 0.00000352. The van der Waals surface area contributed by atoms with Crippen molar-refractivity contribution in [3.63, 3.8) is 0 Å². The predicted molar refractivity (Wildman–Crippen MR) is 165 cm³/mol. The Morgan fingerprint density at radius 3 is 2.50 bits per heavy atom. The van der Waals surface area contributed by atoms with Gasteiger partial charge in [0, 0.05) is 36.9 Å². The normalized spacial score (nSPS) is 15.8. The highest BCUT2D eigenvalue weighted by atomic mass is 16.5. The van der Waals surface area contributed by atoms with Gasteiger partial charge >= 0.3 is 0 Å². The zero-order valence-electron chi connectivity index (χ0n) is 25.0. The maximum Gasteiger partial charge on any atom is 0.253 e. The largest absolute Gasteiger partial charge is 0.376 e. The van der Waals surface area contributed by atoms with Gasteiger partial charge in [-0.3, -0.25) is 4.79 Å². The molecule has 1 aromatic rings. The number of hydrogen-bond acceptors (Lipinski definition) is 3. The lowest BCUT2D eigenvalue weighted by Gasteiger charge is -2.36. The number of nitrogens with zero attached hydrogens (tertiary/aromatic N) is 2. The smallest absolute Gasteiger partial charge is 0.253 e. The fourth-order valence-electron chi connectivity index (χ4n) is 5.11. The minimum atomic E-state index is 0.175. The lowest BCUT2D eigenvalue weighted by molar-refractivity contribution is 0.0724. The molecule has 3 atom stereocenters. The van der Waals surface area contributed by atoms with Gasteiger partial charge in [0.1, 0.15) is 0 Å². The molecular formula is C34H54N2O2. The number of benzene rings is 1. The number of unbranched alkanes of at least 4 members (excludes halogenated alkanes) is 1. The summed E-state index contributed by atoms with van der Waals surface area (Å²) in [5, 5.41) is 0. The van der Waals surface area contributed by atoms with Crippen LogP contribution in [0, 0.1) is 24.7 Å². The molecule has 0 saturated carbocycles. The van der Waals surface area contributed by atoms with Crippen molar-refractivity contribution >= 4 is 11.6 Å². The van der Waals surface area contributed by atoms with E-state index in [1.807, 2.05) is 30.1 Å². The zero-order valence-corrected chi connectivity index (χ0v) is 25.0. The molecule has 2 rings (SSSR count). The number of rotatable bonds is 16. The molecule has 1 aliphatic rings. The van der Waals surface area contributed by atoms with Gasteiger partial charge in [-0.05, 0) is 69.1 Å². The van der Waals surface area contributed by atoms with E-state index in [1.165, 1.54) is 43.4 Å². The highest BCUT2D eigenvalue weighted by molar-refractivity contribution is 5.95. The molecule has 212 valence electrons. The van der Waals surface area contributed by atoms with Gasteiger partial charge in [0.25, 0.3) is 5.91 Å². The van der Waals surface area contributed by atoms with Crippen molar-refractivity contribution in [1.29, 1.82) is 0 Å². The Morgan fingerprint density at radius 1 is 1.18 bits per heavy atom. The Hall–Kier alpha value is -2.51. The van der Waals surface area contributed by atoms with Crippen molar-refractivity contribution in [2.24, 2.45) is 11.8 Å². The van der Waals surface area contributed by atoms with E-state index < -0.39 is 0 Å². The van der Waals surface area contributed by atoms with E-state index in [0.717, 1.165) is 44.5 Å². The average Bonchev–Trinajstić information content (AvgIpc) is 2.97. The molecule has 38 heavy (non-hydrogen) atoms. The third kappa shape index (κ3) is 10.7. The summed E-state index contributed by atoms with van der Waals surface area (Å²) in [5.74, 6) is 1.15. The average molecular weight is 523 g/mol. The van der Waals surface area contributed by atoms with Gasteiger partial charge in [-0.15, -0.1) is 19.4 Å². The van der Waals surface area contributed by atoms with Crippen LogP contribution in [-0.4, -0.2) is 49.7 Å². The van der Waals surface area contributed by atoms with Crippen LogP contribution in [0.3, 0.4) is 0 Å². The Bertz CT molecular complexity index is 853. The van der Waals surface area contributed by atoms with Crippen LogP contribution in [0.25, 0.3) is 0 Å². The van der Waals surface area contributed by atoms with E-state index in [0.29, 0.717) is 25.0 Å². The molecule has 0 N–H and O–H groups in total. The first-order valence-electron chi connectivity index (χ1n) is 14.8. The SMILES string of the molecule is C#C.C=CC(C)C(C)N(CCOC/C=C\C)c1cc(C(=O)N2CCCCC2)ccc1CC(CC)CCCC. The Morgan fingerprint density at radius 2 is 1.89 bits per heavy atom. The number of likely N-dealkylation sites (tertiary alicyclic amines) is 1. The molecular weight excluding hydrogens is 468 g/mol. The number of allylic oxidation sites excluding steroid dienone is 1. The number of hydrogen-bond donors (Lipinski definition) is 0. The molecule has 0 spiro atoms. The molecule has 0 aliphatic carbocycles. The summed E-state index contributed by atoms with van der Waals surface area (Å²) in [4.78, 5) is 18.0. The standard InChI is InChI=1S/C32H52N2O2.C2H2/c1-7-11-16-28(10-4)24-29-17-18-30(32(35)33-19-14-13-15-20-33)25-31(29)34(27(6)26(5)9-3)21-23-36-22-12-8-2;1-2/h8-9,12,17-18,25-28H,3,7,10-11,13-16,19-24H2,1-2,4-6H3;1-2H/b12-8-;. The van der Waals surface area contributed by atoms with Crippen molar-refractivity contribution in [3.8, 4) is 12.8 Å². The van der Waals surface area contributed by atoms with Crippen molar-refractivity contribution in [3.05, 3.63) is 54.1 Å². The van der Waals surface area contributed by atoms with Crippen LogP contribution in [0.15, 0.2) is 43.0 Å². The fourth-order valence-corrected chi connectivity index (χ4v) is 5.11. The highest BCUT2D eigenvalue weighted by Crippen LogP contribution is 2.31. The molecule has 1 amide bonds. The number of terminal acetylenes is 1. The summed E-state index contributed by atoms with van der Waals surface area (Å²) in [7, 11) is 0. The van der Waals surface area contributed by atoms with Crippen molar-refractivity contribution < 1.29 is 9.53 Å². The minimum absolute atomic E-state index is 0.175. The van der Waals surface area contributed by atoms with Gasteiger partial charge in [-0.2, -0.15) is 0 Å². The summed E-state index contributed by atoms with van der Waals surface area (Å²) >= 11 is 0. The van der Waals surface area contributed by atoms with Crippen LogP contribution in [0.1, 0.15) is 95.5 Å². The van der Waals surface area contributed by atoms with Crippen LogP contribution in [0.4, 0.5) is 5.69 Å². The topological polar surface area (TPSA) is 32.8 Å². The third-order valence-corrected chi connectivity index (χ3v) is 7.89. The monoisotopic (exact) mass is 522 g/mol. The second kappa shape index (κ2) is 19.5. The van der Waals surface area contributed by atoms with Gasteiger partial charge in [-0.25, -0.2) is 0 Å². The first-order valence-corrected chi connectivity index (χ1v) is 14.8. The first kappa shape index (κ1) is 33.5. The second-order valence-corrected chi connectivity index (χ2v) is 10.5. The maximum atomic E-state index is 13.5. The summed E-state index contributed by atoms with van der Waals surface area (Å²) in [6, 6.07) is 6.74. The van der Waals surface area contributed by atoms with Gasteiger partial charge in [0.2, 0.25) is 0 Å². The molecule has 1 aliphatic heterocycles. The van der Waals surface area contributed by atoms with Gasteiger partial charge in [0.05, 0.1) is 13.2 Å². The number of anilines is 1. The van der Waals surface area contributed by atoms with Crippen LogP contribution in [0.2, 0.25) is 0 Å². The van der Waals surface area contributed by atoms with E-state index in [4.69, 9.17) is 4.74 Å².